The Morgan fingerprint density at radius 2 is 2.05 bits per heavy atom. The smallest absolute Gasteiger partial charge is 0.303 e. The highest BCUT2D eigenvalue weighted by atomic mass is 16.4. The topological polar surface area (TPSA) is 79.5 Å². The van der Waals surface area contributed by atoms with Crippen LogP contribution in [0.25, 0.3) is 11.0 Å². The van der Waals surface area contributed by atoms with Gasteiger partial charge in [0, 0.05) is 23.9 Å². The number of rotatable bonds is 6. The maximum atomic E-state index is 12.2. The summed E-state index contributed by atoms with van der Waals surface area (Å²) in [5.41, 5.74) is 1.48. The quantitative estimate of drug-likeness (QED) is 0.856. The van der Waals surface area contributed by atoms with Gasteiger partial charge in [-0.15, -0.1) is 0 Å². The lowest BCUT2D eigenvalue weighted by Gasteiger charge is -2.12. The molecular formula is C16H19NO4. The van der Waals surface area contributed by atoms with E-state index in [2.05, 4.69) is 5.32 Å². The van der Waals surface area contributed by atoms with Crippen LogP contribution in [-0.4, -0.2) is 23.5 Å². The molecule has 1 amide bonds. The van der Waals surface area contributed by atoms with E-state index in [1.165, 1.54) is 0 Å². The lowest BCUT2D eigenvalue weighted by atomic mass is 10.0. The zero-order valence-electron chi connectivity index (χ0n) is 12.2. The Labute approximate surface area is 122 Å². The first-order valence-corrected chi connectivity index (χ1v) is 7.01. The van der Waals surface area contributed by atoms with Gasteiger partial charge in [-0.3, -0.25) is 9.59 Å². The van der Waals surface area contributed by atoms with Gasteiger partial charge in [-0.1, -0.05) is 31.5 Å². The number of carbonyl (C=O) groups is 2. The number of amides is 1. The van der Waals surface area contributed by atoms with Gasteiger partial charge in [-0.25, -0.2) is 0 Å². The third-order valence-electron chi connectivity index (χ3n) is 3.64. The summed E-state index contributed by atoms with van der Waals surface area (Å²) in [7, 11) is 0. The van der Waals surface area contributed by atoms with Gasteiger partial charge < -0.3 is 14.8 Å². The van der Waals surface area contributed by atoms with Crippen molar-refractivity contribution in [1.29, 1.82) is 0 Å². The number of para-hydroxylation sites is 1. The van der Waals surface area contributed by atoms with Crippen molar-refractivity contribution in [2.45, 2.75) is 26.7 Å². The van der Waals surface area contributed by atoms with Crippen LogP contribution < -0.4 is 5.32 Å². The number of benzene rings is 1. The van der Waals surface area contributed by atoms with Crippen LogP contribution >= 0.6 is 0 Å². The summed E-state index contributed by atoms with van der Waals surface area (Å²) in [6, 6.07) is 7.47. The molecule has 2 N–H and O–H groups in total. The normalized spacial score (nSPS) is 12.3. The summed E-state index contributed by atoms with van der Waals surface area (Å²) in [5.74, 6) is -0.930. The van der Waals surface area contributed by atoms with Gasteiger partial charge >= 0.3 is 5.97 Å². The average molecular weight is 289 g/mol. The van der Waals surface area contributed by atoms with Crippen molar-refractivity contribution < 1.29 is 19.1 Å². The summed E-state index contributed by atoms with van der Waals surface area (Å²) in [6.07, 6.45) is 0.752. The fourth-order valence-corrected chi connectivity index (χ4v) is 2.32. The van der Waals surface area contributed by atoms with Gasteiger partial charge in [0.1, 0.15) is 5.58 Å². The second kappa shape index (κ2) is 6.43. The van der Waals surface area contributed by atoms with Crippen molar-refractivity contribution >= 4 is 22.8 Å². The third-order valence-corrected chi connectivity index (χ3v) is 3.64. The van der Waals surface area contributed by atoms with Gasteiger partial charge in [0.15, 0.2) is 5.76 Å². The minimum absolute atomic E-state index is 0.0515. The molecular weight excluding hydrogens is 270 g/mol. The maximum Gasteiger partial charge on any atom is 0.303 e. The number of hydrogen-bond donors (Lipinski definition) is 2. The second-order valence-corrected chi connectivity index (χ2v) is 5.13. The molecule has 2 aromatic rings. The van der Waals surface area contributed by atoms with Gasteiger partial charge in [0.2, 0.25) is 0 Å². The first-order chi connectivity index (χ1) is 10.0. The van der Waals surface area contributed by atoms with E-state index in [0.29, 0.717) is 24.3 Å². The standard InChI is InChI=1S/C16H19NO4/c1-3-11(8-14(18)19)9-17-16(20)15-10(2)12-6-4-5-7-13(12)21-15/h4-7,11H,3,8-9H2,1-2H3,(H,17,20)(H,18,19). The summed E-state index contributed by atoms with van der Waals surface area (Å²) < 4.78 is 5.58. The Bertz CT molecular complexity index is 659. The molecule has 0 fully saturated rings. The van der Waals surface area contributed by atoms with E-state index in [-0.39, 0.29) is 18.2 Å². The van der Waals surface area contributed by atoms with Crippen molar-refractivity contribution in [2.24, 2.45) is 5.92 Å². The zero-order chi connectivity index (χ0) is 15.4. The Morgan fingerprint density at radius 1 is 1.33 bits per heavy atom. The van der Waals surface area contributed by atoms with Crippen LogP contribution in [0.2, 0.25) is 0 Å². The molecule has 1 aromatic heterocycles. The molecule has 0 aliphatic heterocycles. The van der Waals surface area contributed by atoms with Crippen LogP contribution in [-0.2, 0) is 4.79 Å². The number of carboxylic acid groups (broad SMARTS) is 1. The highest BCUT2D eigenvalue weighted by Gasteiger charge is 2.19. The van der Waals surface area contributed by atoms with E-state index in [9.17, 15) is 9.59 Å². The molecule has 21 heavy (non-hydrogen) atoms. The third kappa shape index (κ3) is 3.42. The van der Waals surface area contributed by atoms with Crippen molar-refractivity contribution in [1.82, 2.24) is 5.32 Å². The Morgan fingerprint density at radius 3 is 2.67 bits per heavy atom. The lowest BCUT2D eigenvalue weighted by molar-refractivity contribution is -0.138. The van der Waals surface area contributed by atoms with Crippen molar-refractivity contribution in [3.8, 4) is 0 Å². The maximum absolute atomic E-state index is 12.2. The van der Waals surface area contributed by atoms with Crippen LogP contribution in [0.15, 0.2) is 28.7 Å². The average Bonchev–Trinajstić information content (AvgIpc) is 2.80. The molecule has 0 aliphatic rings. The Kier molecular flexibility index (Phi) is 4.62. The molecule has 2 rings (SSSR count). The number of carboxylic acids is 1. The van der Waals surface area contributed by atoms with E-state index >= 15 is 0 Å². The molecule has 5 heteroatoms. The summed E-state index contributed by atoms with van der Waals surface area (Å²) >= 11 is 0. The van der Waals surface area contributed by atoms with E-state index in [1.54, 1.807) is 0 Å². The monoisotopic (exact) mass is 289 g/mol. The van der Waals surface area contributed by atoms with Gasteiger partial charge in [-0.05, 0) is 18.9 Å². The van der Waals surface area contributed by atoms with Crippen molar-refractivity contribution in [3.05, 3.63) is 35.6 Å². The van der Waals surface area contributed by atoms with E-state index in [1.807, 2.05) is 38.1 Å². The minimum Gasteiger partial charge on any atom is -0.481 e. The number of aliphatic carboxylic acids is 1. The molecule has 0 saturated heterocycles. The first-order valence-electron chi connectivity index (χ1n) is 7.01. The molecule has 1 aromatic carbocycles. The van der Waals surface area contributed by atoms with Crippen molar-refractivity contribution in [3.63, 3.8) is 0 Å². The Balaban J connectivity index is 2.08. The minimum atomic E-state index is -0.851. The first kappa shape index (κ1) is 15.1. The summed E-state index contributed by atoms with van der Waals surface area (Å²) in [6.45, 7) is 4.08. The van der Waals surface area contributed by atoms with Crippen LogP contribution in [0.1, 0.15) is 35.9 Å². The predicted octanol–water partition coefficient (Wildman–Crippen LogP) is 2.97. The highest BCUT2D eigenvalue weighted by Crippen LogP contribution is 2.24. The van der Waals surface area contributed by atoms with Crippen molar-refractivity contribution in [2.75, 3.05) is 6.54 Å². The van der Waals surface area contributed by atoms with Crippen LogP contribution in [0, 0.1) is 12.8 Å². The summed E-state index contributed by atoms with van der Waals surface area (Å²) in [4.78, 5) is 22.9. The number of nitrogens with one attached hydrogen (secondary N) is 1. The van der Waals surface area contributed by atoms with E-state index in [4.69, 9.17) is 9.52 Å². The summed E-state index contributed by atoms with van der Waals surface area (Å²) in [5, 5.41) is 12.5. The molecule has 1 atom stereocenters. The highest BCUT2D eigenvalue weighted by molar-refractivity contribution is 5.98. The predicted molar refractivity (Wildman–Crippen MR) is 79.3 cm³/mol. The number of fused-ring (bicyclic) bond motifs is 1. The fraction of sp³-hybridized carbons (Fsp3) is 0.375. The Hall–Kier alpha value is -2.30. The SMILES string of the molecule is CCC(CNC(=O)c1oc2ccccc2c1C)CC(=O)O. The fourth-order valence-electron chi connectivity index (χ4n) is 2.32. The molecule has 0 spiro atoms. The zero-order valence-corrected chi connectivity index (χ0v) is 12.2. The van der Waals surface area contributed by atoms with Gasteiger partial charge in [0.05, 0.1) is 0 Å². The molecule has 0 bridgehead atoms. The van der Waals surface area contributed by atoms with E-state index < -0.39 is 5.97 Å². The molecule has 0 aliphatic carbocycles. The van der Waals surface area contributed by atoms with Crippen LogP contribution in [0.5, 0.6) is 0 Å². The number of furan rings is 1. The molecule has 1 heterocycles. The molecule has 1 unspecified atom stereocenters. The van der Waals surface area contributed by atoms with Gasteiger partial charge in [0.25, 0.3) is 5.91 Å². The second-order valence-electron chi connectivity index (χ2n) is 5.13. The van der Waals surface area contributed by atoms with Crippen LogP contribution in [0.4, 0.5) is 0 Å². The largest absolute Gasteiger partial charge is 0.481 e. The number of carbonyl (C=O) groups excluding carboxylic acids is 1. The molecule has 5 nitrogen and oxygen atoms in total. The van der Waals surface area contributed by atoms with Crippen LogP contribution in [0.3, 0.4) is 0 Å². The molecule has 0 radical (unpaired) electrons. The lowest BCUT2D eigenvalue weighted by Crippen LogP contribution is -2.30. The molecule has 112 valence electrons. The van der Waals surface area contributed by atoms with Gasteiger partial charge in [-0.2, -0.15) is 0 Å². The molecule has 0 saturated carbocycles. The van der Waals surface area contributed by atoms with E-state index in [0.717, 1.165) is 10.9 Å². The number of aryl methyl sites for hydroxylation is 1. The number of hydrogen-bond acceptors (Lipinski definition) is 3.